The summed E-state index contributed by atoms with van der Waals surface area (Å²) in [6.45, 7) is 4.44. The van der Waals surface area contributed by atoms with Crippen LogP contribution in [0, 0.1) is 0 Å². The molecule has 6 nitrogen and oxygen atoms in total. The van der Waals surface area contributed by atoms with E-state index in [1.54, 1.807) is 47.1 Å². The fourth-order valence-electron chi connectivity index (χ4n) is 2.51. The molecule has 0 saturated heterocycles. The zero-order valence-corrected chi connectivity index (χ0v) is 15.2. The number of thioether (sulfide) groups is 1. The maximum Gasteiger partial charge on any atom is 0.262 e. The van der Waals surface area contributed by atoms with E-state index in [-0.39, 0.29) is 17.2 Å². The summed E-state index contributed by atoms with van der Waals surface area (Å²) >= 11 is 1.25. The van der Waals surface area contributed by atoms with Gasteiger partial charge in [0, 0.05) is 13.6 Å². The summed E-state index contributed by atoms with van der Waals surface area (Å²) in [6, 6.07) is 10.8. The van der Waals surface area contributed by atoms with E-state index in [0.29, 0.717) is 29.1 Å². The van der Waals surface area contributed by atoms with Crippen LogP contribution in [-0.2, 0) is 17.9 Å². The largest absolute Gasteiger partial charge is 0.467 e. The number of aromatic nitrogens is 2. The minimum atomic E-state index is -0.130. The lowest BCUT2D eigenvalue weighted by Crippen LogP contribution is -2.28. The molecule has 2 aromatic heterocycles. The van der Waals surface area contributed by atoms with Gasteiger partial charge in [-0.15, -0.1) is 6.58 Å². The van der Waals surface area contributed by atoms with Gasteiger partial charge in [-0.25, -0.2) is 4.98 Å². The van der Waals surface area contributed by atoms with Crippen molar-refractivity contribution in [2.45, 2.75) is 18.2 Å². The molecule has 0 unspecified atom stereocenters. The number of benzene rings is 1. The number of rotatable bonds is 7. The summed E-state index contributed by atoms with van der Waals surface area (Å²) in [5, 5.41) is 1.06. The number of carbonyl (C=O) groups excluding carboxylic acids is 1. The molecule has 3 rings (SSSR count). The van der Waals surface area contributed by atoms with Gasteiger partial charge in [0.1, 0.15) is 5.76 Å². The first-order valence-corrected chi connectivity index (χ1v) is 9.08. The van der Waals surface area contributed by atoms with Crippen molar-refractivity contribution in [2.24, 2.45) is 0 Å². The van der Waals surface area contributed by atoms with Crippen molar-refractivity contribution in [3.63, 3.8) is 0 Å². The van der Waals surface area contributed by atoms with E-state index in [9.17, 15) is 9.59 Å². The molecule has 26 heavy (non-hydrogen) atoms. The van der Waals surface area contributed by atoms with Gasteiger partial charge in [-0.2, -0.15) is 0 Å². The maximum atomic E-state index is 12.7. The number of nitrogens with zero attached hydrogens (tertiary/aromatic N) is 3. The summed E-state index contributed by atoms with van der Waals surface area (Å²) in [4.78, 5) is 31.2. The number of allylic oxidation sites excluding steroid dienone is 1. The van der Waals surface area contributed by atoms with Gasteiger partial charge in [-0.3, -0.25) is 14.2 Å². The van der Waals surface area contributed by atoms with E-state index in [4.69, 9.17) is 4.42 Å². The van der Waals surface area contributed by atoms with E-state index < -0.39 is 0 Å². The quantitative estimate of drug-likeness (QED) is 0.364. The number of hydrogen-bond acceptors (Lipinski definition) is 5. The van der Waals surface area contributed by atoms with Gasteiger partial charge >= 0.3 is 0 Å². The second-order valence-electron chi connectivity index (χ2n) is 5.73. The van der Waals surface area contributed by atoms with E-state index >= 15 is 0 Å². The maximum absolute atomic E-state index is 12.7. The predicted molar refractivity (Wildman–Crippen MR) is 102 cm³/mol. The number of furan rings is 1. The molecule has 0 aliphatic heterocycles. The normalized spacial score (nSPS) is 10.8. The van der Waals surface area contributed by atoms with E-state index in [1.165, 1.54) is 11.8 Å². The Hall–Kier alpha value is -2.80. The lowest BCUT2D eigenvalue weighted by atomic mass is 10.2. The standard InChI is InChI=1S/C19H19N3O3S/c1-3-10-22-18(24)15-8-4-5-9-16(15)20-19(22)26-13-17(23)21(2)12-14-7-6-11-25-14/h3-9,11H,1,10,12-13H2,2H3. The average molecular weight is 369 g/mol. The lowest BCUT2D eigenvalue weighted by molar-refractivity contribution is -0.127. The average Bonchev–Trinajstić information content (AvgIpc) is 3.15. The molecule has 0 aliphatic rings. The molecule has 0 spiro atoms. The van der Waals surface area contributed by atoms with Crippen LogP contribution in [0.25, 0.3) is 10.9 Å². The summed E-state index contributed by atoms with van der Waals surface area (Å²) in [5.74, 6) is 0.830. The van der Waals surface area contributed by atoms with Crippen LogP contribution in [0.4, 0.5) is 0 Å². The molecule has 1 aromatic carbocycles. The topological polar surface area (TPSA) is 68.3 Å². The zero-order chi connectivity index (χ0) is 18.5. The summed E-state index contributed by atoms with van der Waals surface area (Å²) in [5.41, 5.74) is 0.492. The fraction of sp³-hybridized carbons (Fsp3) is 0.211. The third kappa shape index (κ3) is 3.88. The van der Waals surface area contributed by atoms with E-state index in [1.807, 2.05) is 18.2 Å². The molecule has 0 aliphatic carbocycles. The molecule has 7 heteroatoms. The van der Waals surface area contributed by atoms with Crippen LogP contribution in [0.2, 0.25) is 0 Å². The monoisotopic (exact) mass is 369 g/mol. The highest BCUT2D eigenvalue weighted by Crippen LogP contribution is 2.18. The molecule has 0 saturated carbocycles. The lowest BCUT2D eigenvalue weighted by Gasteiger charge is -2.16. The molecular formula is C19H19N3O3S. The van der Waals surface area contributed by atoms with Crippen LogP contribution in [-0.4, -0.2) is 33.2 Å². The predicted octanol–water partition coefficient (Wildman–Crippen LogP) is 2.93. The van der Waals surface area contributed by atoms with Crippen molar-refractivity contribution in [1.29, 1.82) is 0 Å². The molecule has 0 atom stereocenters. The highest BCUT2D eigenvalue weighted by molar-refractivity contribution is 7.99. The van der Waals surface area contributed by atoms with Gasteiger partial charge in [0.15, 0.2) is 5.16 Å². The van der Waals surface area contributed by atoms with Crippen LogP contribution < -0.4 is 5.56 Å². The SMILES string of the molecule is C=CCn1c(SCC(=O)N(C)Cc2ccco2)nc2ccccc2c1=O. The minimum Gasteiger partial charge on any atom is -0.467 e. The number of carbonyl (C=O) groups is 1. The molecule has 134 valence electrons. The number of para-hydroxylation sites is 1. The van der Waals surface area contributed by atoms with Crippen LogP contribution in [0.3, 0.4) is 0 Å². The Morgan fingerprint density at radius 3 is 2.88 bits per heavy atom. The first-order valence-electron chi connectivity index (χ1n) is 8.09. The third-order valence-corrected chi connectivity index (χ3v) is 4.82. The minimum absolute atomic E-state index is 0.0704. The molecule has 0 N–H and O–H groups in total. The van der Waals surface area contributed by atoms with Crippen molar-refractivity contribution in [2.75, 3.05) is 12.8 Å². The molecule has 0 bridgehead atoms. The molecule has 2 heterocycles. The van der Waals surface area contributed by atoms with Crippen molar-refractivity contribution in [3.05, 3.63) is 71.4 Å². The molecule has 1 amide bonds. The molecule has 0 fully saturated rings. The Balaban J connectivity index is 1.79. The molecule has 0 radical (unpaired) electrons. The highest BCUT2D eigenvalue weighted by Gasteiger charge is 2.15. The van der Waals surface area contributed by atoms with Crippen molar-refractivity contribution < 1.29 is 9.21 Å². The van der Waals surface area contributed by atoms with E-state index in [2.05, 4.69) is 11.6 Å². The van der Waals surface area contributed by atoms with Crippen molar-refractivity contribution in [3.8, 4) is 0 Å². The van der Waals surface area contributed by atoms with Gasteiger partial charge in [-0.05, 0) is 24.3 Å². The van der Waals surface area contributed by atoms with Gasteiger partial charge in [0.05, 0.1) is 29.5 Å². The Bertz CT molecular complexity index is 979. The smallest absolute Gasteiger partial charge is 0.262 e. The Labute approximate surface area is 155 Å². The summed E-state index contributed by atoms with van der Waals surface area (Å²) in [6.07, 6.45) is 3.22. The van der Waals surface area contributed by atoms with Crippen molar-refractivity contribution >= 4 is 28.6 Å². The second kappa shape index (κ2) is 8.05. The number of fused-ring (bicyclic) bond motifs is 1. The summed E-state index contributed by atoms with van der Waals surface area (Å²) < 4.78 is 6.80. The van der Waals surface area contributed by atoms with Gasteiger partial charge in [0.2, 0.25) is 5.91 Å². The summed E-state index contributed by atoms with van der Waals surface area (Å²) in [7, 11) is 1.72. The van der Waals surface area contributed by atoms with Crippen LogP contribution >= 0.6 is 11.8 Å². The zero-order valence-electron chi connectivity index (χ0n) is 14.4. The first kappa shape index (κ1) is 18.0. The Morgan fingerprint density at radius 2 is 2.15 bits per heavy atom. The third-order valence-electron chi connectivity index (χ3n) is 3.86. The van der Waals surface area contributed by atoms with E-state index in [0.717, 1.165) is 5.76 Å². The molecular weight excluding hydrogens is 350 g/mol. The van der Waals surface area contributed by atoms with Crippen LogP contribution in [0.5, 0.6) is 0 Å². The van der Waals surface area contributed by atoms with Crippen LogP contribution in [0.1, 0.15) is 5.76 Å². The fourth-order valence-corrected chi connectivity index (χ4v) is 3.46. The van der Waals surface area contributed by atoms with Gasteiger partial charge in [0.25, 0.3) is 5.56 Å². The Morgan fingerprint density at radius 1 is 1.35 bits per heavy atom. The van der Waals surface area contributed by atoms with Gasteiger partial charge < -0.3 is 9.32 Å². The van der Waals surface area contributed by atoms with Crippen LogP contribution in [0.15, 0.2) is 69.7 Å². The number of hydrogen-bond donors (Lipinski definition) is 0. The Kier molecular flexibility index (Phi) is 5.58. The van der Waals surface area contributed by atoms with Crippen molar-refractivity contribution in [1.82, 2.24) is 14.5 Å². The first-order chi connectivity index (χ1) is 12.6. The second-order valence-corrected chi connectivity index (χ2v) is 6.68. The van der Waals surface area contributed by atoms with Gasteiger partial charge in [-0.1, -0.05) is 30.0 Å². The molecule has 3 aromatic rings. The number of amides is 1. The highest BCUT2D eigenvalue weighted by atomic mass is 32.2.